The molecule has 2 heterocycles. The summed E-state index contributed by atoms with van der Waals surface area (Å²) in [5.41, 5.74) is 0.631. The van der Waals surface area contributed by atoms with Crippen LogP contribution in [-0.2, 0) is 11.3 Å². The van der Waals surface area contributed by atoms with Gasteiger partial charge in [-0.25, -0.2) is 4.39 Å². The van der Waals surface area contributed by atoms with E-state index in [4.69, 9.17) is 9.47 Å². The fraction of sp³-hybridized carbons (Fsp3) is 0.400. The highest BCUT2D eigenvalue weighted by molar-refractivity contribution is 14.0. The fourth-order valence-corrected chi connectivity index (χ4v) is 2.92. The Hall–Kier alpha value is -1.94. The van der Waals surface area contributed by atoms with E-state index in [1.54, 1.807) is 37.6 Å². The summed E-state index contributed by atoms with van der Waals surface area (Å²) in [5.74, 6) is 0.894. The number of aliphatic imine (C=N–C) groups is 1. The van der Waals surface area contributed by atoms with E-state index in [0.717, 1.165) is 25.0 Å². The first-order valence-corrected chi connectivity index (χ1v) is 9.03. The Kier molecular flexibility index (Phi) is 8.43. The first-order chi connectivity index (χ1) is 13.1. The van der Waals surface area contributed by atoms with Gasteiger partial charge in [0, 0.05) is 32.9 Å². The van der Waals surface area contributed by atoms with Gasteiger partial charge in [-0.1, -0.05) is 6.07 Å². The molecule has 1 unspecified atom stereocenters. The molecular weight excluding hydrogens is 474 g/mol. The van der Waals surface area contributed by atoms with Crippen LogP contribution in [0.5, 0.6) is 11.5 Å². The first-order valence-electron chi connectivity index (χ1n) is 9.03. The summed E-state index contributed by atoms with van der Waals surface area (Å²) in [4.78, 5) is 8.16. The van der Waals surface area contributed by atoms with E-state index in [-0.39, 0.29) is 35.3 Å². The molecule has 1 aromatic heterocycles. The van der Waals surface area contributed by atoms with Crippen molar-refractivity contribution in [3.63, 3.8) is 0 Å². The summed E-state index contributed by atoms with van der Waals surface area (Å²) in [7, 11) is 1.71. The number of hydrogen-bond acceptors (Lipinski definition) is 4. The maximum Gasteiger partial charge on any atom is 0.191 e. The second-order valence-electron chi connectivity index (χ2n) is 6.74. The zero-order valence-corrected chi connectivity index (χ0v) is 18.4. The minimum atomic E-state index is -0.423. The third-order valence-corrected chi connectivity index (χ3v) is 4.47. The quantitative estimate of drug-likeness (QED) is 0.358. The second kappa shape index (κ2) is 10.6. The third-order valence-electron chi connectivity index (χ3n) is 4.47. The molecule has 0 amide bonds. The minimum Gasteiger partial charge on any atom is -0.453 e. The predicted octanol–water partition coefficient (Wildman–Crippen LogP) is 3.87. The molecule has 28 heavy (non-hydrogen) atoms. The molecule has 0 aliphatic carbocycles. The van der Waals surface area contributed by atoms with Gasteiger partial charge in [0.1, 0.15) is 5.75 Å². The number of aromatic nitrogens is 1. The van der Waals surface area contributed by atoms with Gasteiger partial charge in [0.05, 0.1) is 11.8 Å². The lowest BCUT2D eigenvalue weighted by Gasteiger charge is -2.24. The van der Waals surface area contributed by atoms with Crippen LogP contribution < -0.4 is 15.4 Å². The van der Waals surface area contributed by atoms with Gasteiger partial charge in [-0.3, -0.25) is 9.98 Å². The van der Waals surface area contributed by atoms with Crippen molar-refractivity contribution < 1.29 is 13.9 Å². The lowest BCUT2D eigenvalue weighted by atomic mass is 10.0. The summed E-state index contributed by atoms with van der Waals surface area (Å²) in [6, 6.07) is 8.35. The molecule has 0 saturated carbocycles. The molecule has 1 aliphatic rings. The largest absolute Gasteiger partial charge is 0.453 e. The van der Waals surface area contributed by atoms with Crippen molar-refractivity contribution >= 4 is 29.9 Å². The van der Waals surface area contributed by atoms with Gasteiger partial charge in [-0.05, 0) is 49.6 Å². The molecule has 6 nitrogen and oxygen atoms in total. The molecule has 1 aromatic carbocycles. The van der Waals surface area contributed by atoms with E-state index in [1.165, 1.54) is 6.07 Å². The van der Waals surface area contributed by atoms with E-state index in [0.29, 0.717) is 24.8 Å². The molecule has 1 fully saturated rings. The van der Waals surface area contributed by atoms with Gasteiger partial charge >= 0.3 is 0 Å². The summed E-state index contributed by atoms with van der Waals surface area (Å²) in [6.07, 6.45) is 5.29. The Bertz CT molecular complexity index is 783. The average Bonchev–Trinajstić information content (AvgIpc) is 3.11. The van der Waals surface area contributed by atoms with Gasteiger partial charge in [-0.2, -0.15) is 0 Å². The highest BCUT2D eigenvalue weighted by Crippen LogP contribution is 2.25. The van der Waals surface area contributed by atoms with E-state index < -0.39 is 5.82 Å². The number of nitrogens with one attached hydrogen (secondary N) is 2. The number of hydrogen-bond donors (Lipinski definition) is 2. The van der Waals surface area contributed by atoms with Crippen LogP contribution in [0.15, 0.2) is 47.7 Å². The van der Waals surface area contributed by atoms with Gasteiger partial charge < -0.3 is 20.1 Å². The Morgan fingerprint density at radius 3 is 2.86 bits per heavy atom. The highest BCUT2D eigenvalue weighted by Gasteiger charge is 2.29. The maximum absolute atomic E-state index is 14.3. The van der Waals surface area contributed by atoms with Crippen molar-refractivity contribution in [2.75, 3.05) is 20.2 Å². The second-order valence-corrected chi connectivity index (χ2v) is 6.74. The van der Waals surface area contributed by atoms with Crippen LogP contribution in [0.2, 0.25) is 0 Å². The van der Waals surface area contributed by atoms with Crippen molar-refractivity contribution in [1.29, 1.82) is 0 Å². The average molecular weight is 500 g/mol. The maximum atomic E-state index is 14.3. The number of pyridine rings is 1. The number of halogens is 2. The van der Waals surface area contributed by atoms with E-state index in [1.807, 2.05) is 6.07 Å². The molecule has 3 rings (SSSR count). The number of ether oxygens (including phenoxy) is 2. The van der Waals surface area contributed by atoms with Crippen LogP contribution in [0.3, 0.4) is 0 Å². The van der Waals surface area contributed by atoms with Crippen LogP contribution in [-0.4, -0.2) is 36.7 Å². The van der Waals surface area contributed by atoms with Crippen molar-refractivity contribution in [2.45, 2.75) is 31.9 Å². The molecule has 2 N–H and O–H groups in total. The first kappa shape index (κ1) is 22.4. The third kappa shape index (κ3) is 6.30. The topological polar surface area (TPSA) is 67.8 Å². The van der Waals surface area contributed by atoms with Crippen molar-refractivity contribution in [2.24, 2.45) is 4.99 Å². The molecule has 1 aliphatic heterocycles. The van der Waals surface area contributed by atoms with Crippen molar-refractivity contribution in [1.82, 2.24) is 15.6 Å². The number of benzene rings is 1. The molecule has 2 aromatic rings. The lowest BCUT2D eigenvalue weighted by Crippen LogP contribution is -2.45. The van der Waals surface area contributed by atoms with Gasteiger partial charge in [0.25, 0.3) is 0 Å². The molecule has 0 spiro atoms. The fourth-order valence-electron chi connectivity index (χ4n) is 2.92. The van der Waals surface area contributed by atoms with Crippen LogP contribution in [0.1, 0.15) is 25.3 Å². The summed E-state index contributed by atoms with van der Waals surface area (Å²) in [6.45, 7) is 4.02. The molecule has 0 bridgehead atoms. The summed E-state index contributed by atoms with van der Waals surface area (Å²) in [5, 5.41) is 6.46. The van der Waals surface area contributed by atoms with Gasteiger partial charge in [0.2, 0.25) is 0 Å². The molecule has 152 valence electrons. The number of rotatable bonds is 6. The number of nitrogens with zero attached hydrogens (tertiary/aromatic N) is 2. The molecule has 0 radical (unpaired) electrons. The van der Waals surface area contributed by atoms with Crippen LogP contribution in [0.25, 0.3) is 0 Å². The van der Waals surface area contributed by atoms with Gasteiger partial charge in [-0.15, -0.1) is 24.0 Å². The normalized spacial score (nSPS) is 19.0. The van der Waals surface area contributed by atoms with E-state index >= 15 is 0 Å². The Morgan fingerprint density at radius 1 is 1.36 bits per heavy atom. The van der Waals surface area contributed by atoms with Gasteiger partial charge in [0.15, 0.2) is 17.5 Å². The standard InChI is InChI=1S/C20H25FN4O2.HI/c1-20(8-4-10-26-20)14-25-19(22-2)24-12-15-6-7-18(17(21)11-15)27-16-5-3-9-23-13-16;/h3,5-7,9,11,13H,4,8,10,12,14H2,1-2H3,(H2,22,24,25);1H. The summed E-state index contributed by atoms with van der Waals surface area (Å²) < 4.78 is 25.6. The summed E-state index contributed by atoms with van der Waals surface area (Å²) >= 11 is 0. The number of guanidine groups is 1. The Balaban J connectivity index is 0.00000280. The van der Waals surface area contributed by atoms with Crippen LogP contribution >= 0.6 is 24.0 Å². The van der Waals surface area contributed by atoms with E-state index in [9.17, 15) is 4.39 Å². The molecular formula is C20H26FIN4O2. The molecule has 8 heteroatoms. The van der Waals surface area contributed by atoms with Crippen molar-refractivity contribution in [3.8, 4) is 11.5 Å². The smallest absolute Gasteiger partial charge is 0.191 e. The highest BCUT2D eigenvalue weighted by atomic mass is 127. The predicted molar refractivity (Wildman–Crippen MR) is 118 cm³/mol. The zero-order valence-electron chi connectivity index (χ0n) is 16.1. The van der Waals surface area contributed by atoms with Crippen molar-refractivity contribution in [3.05, 3.63) is 54.1 Å². The minimum absolute atomic E-state index is 0. The Morgan fingerprint density at radius 2 is 2.21 bits per heavy atom. The molecule has 1 atom stereocenters. The molecule has 1 saturated heterocycles. The van der Waals surface area contributed by atoms with Crippen LogP contribution in [0, 0.1) is 5.82 Å². The SMILES string of the molecule is CN=C(NCc1ccc(Oc2cccnc2)c(F)c1)NCC1(C)CCCO1.I. The monoisotopic (exact) mass is 500 g/mol. The van der Waals surface area contributed by atoms with Crippen LogP contribution in [0.4, 0.5) is 4.39 Å². The lowest BCUT2D eigenvalue weighted by molar-refractivity contribution is 0.0243. The van der Waals surface area contributed by atoms with E-state index in [2.05, 4.69) is 27.5 Å². The Labute approximate surface area is 182 Å². The zero-order chi connectivity index (χ0) is 19.1.